The smallest absolute Gasteiger partial charge is 0.361 e. The van der Waals surface area contributed by atoms with Gasteiger partial charge in [-0.3, -0.25) is 9.59 Å². The maximum absolute atomic E-state index is 12.1. The van der Waals surface area contributed by atoms with Gasteiger partial charge in [-0.2, -0.15) is 0 Å². The fraction of sp³-hybridized carbons (Fsp3) is 0.400. The molecule has 0 aromatic heterocycles. The van der Waals surface area contributed by atoms with Crippen molar-refractivity contribution in [3.8, 4) is 0 Å². The Bertz CT molecular complexity index is 577. The average molecular weight is 289 g/mol. The number of rotatable bonds is 3. The zero-order chi connectivity index (χ0) is 15.0. The first-order valence-electron chi connectivity index (χ1n) is 6.94. The molecule has 6 nitrogen and oxygen atoms in total. The molecular weight excluding hydrogens is 274 g/mol. The minimum absolute atomic E-state index is 0.0627. The summed E-state index contributed by atoms with van der Waals surface area (Å²) >= 11 is 0. The third kappa shape index (κ3) is 2.21. The van der Waals surface area contributed by atoms with Gasteiger partial charge in [-0.15, -0.1) is 0 Å². The molecule has 2 heterocycles. The van der Waals surface area contributed by atoms with E-state index >= 15 is 0 Å². The monoisotopic (exact) mass is 289 g/mol. The number of fused-ring (bicyclic) bond motifs is 1. The van der Waals surface area contributed by atoms with Gasteiger partial charge in [-0.05, 0) is 24.5 Å². The van der Waals surface area contributed by atoms with Crippen LogP contribution >= 0.6 is 0 Å². The minimum atomic E-state index is -0.709. The predicted octanol–water partition coefficient (Wildman–Crippen LogP) is 1.56. The molecule has 2 amide bonds. The summed E-state index contributed by atoms with van der Waals surface area (Å²) in [5.41, 5.74) is 0.490. The zero-order valence-corrected chi connectivity index (χ0v) is 11.6. The molecule has 2 aliphatic heterocycles. The van der Waals surface area contributed by atoms with E-state index in [1.165, 1.54) is 12.1 Å². The third-order valence-electron chi connectivity index (χ3n) is 3.91. The number of carbonyl (C=O) groups is 3. The van der Waals surface area contributed by atoms with Gasteiger partial charge >= 0.3 is 5.97 Å². The van der Waals surface area contributed by atoms with Gasteiger partial charge in [-0.25, -0.2) is 4.79 Å². The summed E-state index contributed by atoms with van der Waals surface area (Å²) in [4.78, 5) is 41.3. The summed E-state index contributed by atoms with van der Waals surface area (Å²) in [6, 6.07) is 6.37. The standard InChI is InChI=1S/C15H15NO5/c1-2-9-7-8-20-12(9)15(19)21-16-13(17)10-5-3-4-6-11(10)14(16)18/h3-6,9,12H,2,7-8H2,1H3/t9-,12+/m0/s1. The highest BCUT2D eigenvalue weighted by Crippen LogP contribution is 2.27. The Morgan fingerprint density at radius 1 is 1.29 bits per heavy atom. The molecule has 1 fully saturated rings. The molecule has 0 radical (unpaired) electrons. The molecule has 1 aromatic rings. The largest absolute Gasteiger partial charge is 0.366 e. The van der Waals surface area contributed by atoms with Crippen molar-refractivity contribution in [3.63, 3.8) is 0 Å². The lowest BCUT2D eigenvalue weighted by atomic mass is 9.99. The second-order valence-corrected chi connectivity index (χ2v) is 5.11. The van der Waals surface area contributed by atoms with Crippen LogP contribution in [0, 0.1) is 5.92 Å². The summed E-state index contributed by atoms with van der Waals surface area (Å²) in [5.74, 6) is -1.86. The van der Waals surface area contributed by atoms with Crippen molar-refractivity contribution in [1.82, 2.24) is 5.06 Å². The first-order valence-corrected chi connectivity index (χ1v) is 6.94. The van der Waals surface area contributed by atoms with E-state index < -0.39 is 23.9 Å². The van der Waals surface area contributed by atoms with Gasteiger partial charge in [0.25, 0.3) is 11.8 Å². The van der Waals surface area contributed by atoms with E-state index in [4.69, 9.17) is 9.57 Å². The van der Waals surface area contributed by atoms with Crippen molar-refractivity contribution >= 4 is 17.8 Å². The van der Waals surface area contributed by atoms with Gasteiger partial charge in [0, 0.05) is 6.61 Å². The molecule has 110 valence electrons. The van der Waals surface area contributed by atoms with Crippen LogP contribution in [0.15, 0.2) is 24.3 Å². The van der Waals surface area contributed by atoms with Crippen LogP contribution in [-0.4, -0.2) is 35.6 Å². The molecule has 0 saturated carbocycles. The molecule has 2 atom stereocenters. The lowest BCUT2D eigenvalue weighted by molar-refractivity contribution is -0.181. The zero-order valence-electron chi connectivity index (χ0n) is 11.6. The molecule has 1 aromatic carbocycles. The van der Waals surface area contributed by atoms with Crippen LogP contribution in [0.2, 0.25) is 0 Å². The second-order valence-electron chi connectivity index (χ2n) is 5.11. The molecule has 0 aliphatic carbocycles. The Labute approximate surface area is 121 Å². The van der Waals surface area contributed by atoms with Crippen molar-refractivity contribution in [1.29, 1.82) is 0 Å². The Kier molecular flexibility index (Phi) is 3.47. The molecule has 0 unspecified atom stereocenters. The Balaban J connectivity index is 1.76. The Morgan fingerprint density at radius 2 is 1.90 bits per heavy atom. The van der Waals surface area contributed by atoms with Crippen LogP contribution in [-0.2, 0) is 14.4 Å². The van der Waals surface area contributed by atoms with Crippen LogP contribution in [0.25, 0.3) is 0 Å². The lowest BCUT2D eigenvalue weighted by Crippen LogP contribution is -2.38. The van der Waals surface area contributed by atoms with Crippen molar-refractivity contribution in [3.05, 3.63) is 35.4 Å². The number of carbonyl (C=O) groups excluding carboxylic acids is 3. The normalized spacial score (nSPS) is 24.3. The number of hydroxylamine groups is 2. The highest BCUT2D eigenvalue weighted by atomic mass is 16.7. The number of benzene rings is 1. The van der Waals surface area contributed by atoms with Crippen LogP contribution in [0.5, 0.6) is 0 Å². The molecule has 2 aliphatic rings. The van der Waals surface area contributed by atoms with Crippen LogP contribution in [0.1, 0.15) is 40.5 Å². The first-order chi connectivity index (χ1) is 10.1. The Morgan fingerprint density at radius 3 is 2.48 bits per heavy atom. The van der Waals surface area contributed by atoms with Gasteiger partial charge < -0.3 is 9.57 Å². The van der Waals surface area contributed by atoms with Crippen LogP contribution in [0.4, 0.5) is 0 Å². The van der Waals surface area contributed by atoms with Gasteiger partial charge in [-0.1, -0.05) is 30.5 Å². The molecule has 0 spiro atoms. The molecule has 21 heavy (non-hydrogen) atoms. The van der Waals surface area contributed by atoms with Gasteiger partial charge in [0.15, 0.2) is 6.10 Å². The molecule has 0 bridgehead atoms. The number of hydrogen-bond acceptors (Lipinski definition) is 5. The van der Waals surface area contributed by atoms with Crippen molar-refractivity contribution in [2.24, 2.45) is 5.92 Å². The minimum Gasteiger partial charge on any atom is -0.366 e. The van der Waals surface area contributed by atoms with E-state index in [1.54, 1.807) is 12.1 Å². The highest BCUT2D eigenvalue weighted by molar-refractivity contribution is 6.20. The summed E-state index contributed by atoms with van der Waals surface area (Å²) in [6.45, 7) is 2.45. The quantitative estimate of drug-likeness (QED) is 0.789. The molecule has 6 heteroatoms. The van der Waals surface area contributed by atoms with Gasteiger partial charge in [0.05, 0.1) is 11.1 Å². The predicted molar refractivity (Wildman–Crippen MR) is 71.2 cm³/mol. The molecule has 1 saturated heterocycles. The summed E-state index contributed by atoms with van der Waals surface area (Å²) in [5, 5.41) is 0.529. The number of ether oxygens (including phenoxy) is 1. The Hall–Kier alpha value is -2.21. The van der Waals surface area contributed by atoms with E-state index in [9.17, 15) is 14.4 Å². The molecule has 0 N–H and O–H groups in total. The topological polar surface area (TPSA) is 72.9 Å². The number of imide groups is 1. The highest BCUT2D eigenvalue weighted by Gasteiger charge is 2.42. The third-order valence-corrected chi connectivity index (χ3v) is 3.91. The maximum atomic E-state index is 12.1. The lowest BCUT2D eigenvalue weighted by Gasteiger charge is -2.18. The van der Waals surface area contributed by atoms with Gasteiger partial charge in [0.2, 0.25) is 0 Å². The summed E-state index contributed by atoms with van der Waals surface area (Å²) < 4.78 is 5.35. The van der Waals surface area contributed by atoms with E-state index in [2.05, 4.69) is 0 Å². The fourth-order valence-electron chi connectivity index (χ4n) is 2.70. The number of nitrogens with zero attached hydrogens (tertiary/aromatic N) is 1. The van der Waals surface area contributed by atoms with Crippen molar-refractivity contribution in [2.75, 3.05) is 6.61 Å². The van der Waals surface area contributed by atoms with Gasteiger partial charge in [0.1, 0.15) is 0 Å². The van der Waals surface area contributed by atoms with E-state index in [0.29, 0.717) is 11.7 Å². The van der Waals surface area contributed by atoms with Crippen molar-refractivity contribution in [2.45, 2.75) is 25.9 Å². The summed E-state index contributed by atoms with van der Waals surface area (Å²) in [6.07, 6.45) is 0.847. The average Bonchev–Trinajstić information content (AvgIpc) is 3.07. The number of hydrogen-bond donors (Lipinski definition) is 0. The SMILES string of the molecule is CC[C@H]1CCO[C@H]1C(=O)ON1C(=O)c2ccccc2C1=O. The first kappa shape index (κ1) is 13.8. The van der Waals surface area contributed by atoms with E-state index in [0.717, 1.165) is 12.8 Å². The fourth-order valence-corrected chi connectivity index (χ4v) is 2.70. The van der Waals surface area contributed by atoms with Crippen LogP contribution in [0.3, 0.4) is 0 Å². The van der Waals surface area contributed by atoms with E-state index in [1.807, 2.05) is 6.92 Å². The summed E-state index contributed by atoms with van der Waals surface area (Å²) in [7, 11) is 0. The van der Waals surface area contributed by atoms with Crippen molar-refractivity contribution < 1.29 is 24.0 Å². The van der Waals surface area contributed by atoms with E-state index in [-0.39, 0.29) is 17.0 Å². The van der Waals surface area contributed by atoms with Crippen LogP contribution < -0.4 is 0 Å². The second kappa shape index (κ2) is 5.29. The molecular formula is C15H15NO5. The maximum Gasteiger partial charge on any atom is 0.361 e. The number of amides is 2. The molecule has 3 rings (SSSR count).